The molecule has 2 aromatic rings. The van der Waals surface area contributed by atoms with Crippen molar-refractivity contribution in [3.63, 3.8) is 0 Å². The molecule has 0 aliphatic heterocycles. The monoisotopic (exact) mass is 266 g/mol. The van der Waals surface area contributed by atoms with E-state index >= 15 is 0 Å². The van der Waals surface area contributed by atoms with Gasteiger partial charge in [0, 0.05) is 12.2 Å². The van der Waals surface area contributed by atoms with Crippen molar-refractivity contribution in [2.75, 3.05) is 18.5 Å². The highest BCUT2D eigenvalue weighted by atomic mass is 16.5. The van der Waals surface area contributed by atoms with E-state index in [0.717, 1.165) is 12.2 Å². The van der Waals surface area contributed by atoms with Crippen molar-refractivity contribution in [2.24, 2.45) is 0 Å². The molecule has 0 radical (unpaired) electrons. The molecular weight excluding hydrogens is 248 g/mol. The molecule has 0 saturated heterocycles. The van der Waals surface area contributed by atoms with Gasteiger partial charge in [0.05, 0.1) is 0 Å². The first kappa shape index (κ1) is 14.0. The van der Waals surface area contributed by atoms with Crippen LogP contribution in [0.2, 0.25) is 0 Å². The van der Waals surface area contributed by atoms with Crippen LogP contribution in [0.4, 0.5) is 5.69 Å². The molecular formula is C17H18N2O. The number of hydrogen-bond acceptors (Lipinski definition) is 3. The standard InChI is InChI=1S/C17H18N2O/c1-14(15-5-3-2-4-6-15)13-19-16-7-9-17(10-8-16)20-12-11-18/h2-10,14,19H,12-13H2,1H3. The van der Waals surface area contributed by atoms with Crippen molar-refractivity contribution in [3.8, 4) is 11.8 Å². The summed E-state index contributed by atoms with van der Waals surface area (Å²) in [6, 6.07) is 20.1. The van der Waals surface area contributed by atoms with Gasteiger partial charge in [-0.3, -0.25) is 0 Å². The lowest BCUT2D eigenvalue weighted by atomic mass is 10.0. The first-order valence-electron chi connectivity index (χ1n) is 6.68. The summed E-state index contributed by atoms with van der Waals surface area (Å²) in [5, 5.41) is 11.9. The van der Waals surface area contributed by atoms with Crippen molar-refractivity contribution in [2.45, 2.75) is 12.8 Å². The molecule has 2 aromatic carbocycles. The average Bonchev–Trinajstić information content (AvgIpc) is 2.52. The molecule has 0 spiro atoms. The van der Waals surface area contributed by atoms with Gasteiger partial charge in [0.1, 0.15) is 11.8 Å². The first-order valence-corrected chi connectivity index (χ1v) is 6.68. The van der Waals surface area contributed by atoms with Crippen molar-refractivity contribution >= 4 is 5.69 Å². The lowest BCUT2D eigenvalue weighted by molar-refractivity contribution is 0.368. The summed E-state index contributed by atoms with van der Waals surface area (Å²) in [5.74, 6) is 1.17. The fraction of sp³-hybridized carbons (Fsp3) is 0.235. The molecule has 20 heavy (non-hydrogen) atoms. The Hall–Kier alpha value is -2.47. The Labute approximate surface area is 119 Å². The van der Waals surface area contributed by atoms with Gasteiger partial charge in [-0.2, -0.15) is 5.26 Å². The molecule has 2 rings (SSSR count). The lowest BCUT2D eigenvalue weighted by Crippen LogP contribution is -2.09. The highest BCUT2D eigenvalue weighted by molar-refractivity contribution is 5.46. The zero-order valence-corrected chi connectivity index (χ0v) is 11.5. The molecule has 102 valence electrons. The average molecular weight is 266 g/mol. The van der Waals surface area contributed by atoms with E-state index in [-0.39, 0.29) is 6.61 Å². The van der Waals surface area contributed by atoms with E-state index in [1.807, 2.05) is 36.4 Å². The molecule has 3 heteroatoms. The summed E-state index contributed by atoms with van der Waals surface area (Å²) in [5.41, 5.74) is 2.38. The number of anilines is 1. The van der Waals surface area contributed by atoms with Crippen LogP contribution in [-0.4, -0.2) is 13.2 Å². The molecule has 1 unspecified atom stereocenters. The topological polar surface area (TPSA) is 45.0 Å². The minimum absolute atomic E-state index is 0.0812. The number of nitrogens with one attached hydrogen (secondary N) is 1. The van der Waals surface area contributed by atoms with Gasteiger partial charge in [0.2, 0.25) is 0 Å². The maximum Gasteiger partial charge on any atom is 0.174 e. The fourth-order valence-electron chi connectivity index (χ4n) is 1.95. The number of nitriles is 1. The summed E-state index contributed by atoms with van der Waals surface area (Å²) in [6.07, 6.45) is 0. The Bertz CT molecular complexity index is 558. The zero-order valence-electron chi connectivity index (χ0n) is 11.5. The summed E-state index contributed by atoms with van der Waals surface area (Å²) >= 11 is 0. The van der Waals surface area contributed by atoms with Gasteiger partial charge >= 0.3 is 0 Å². The van der Waals surface area contributed by atoms with E-state index < -0.39 is 0 Å². The molecule has 3 nitrogen and oxygen atoms in total. The molecule has 0 amide bonds. The lowest BCUT2D eigenvalue weighted by Gasteiger charge is -2.14. The van der Waals surface area contributed by atoms with Gasteiger partial charge in [0.25, 0.3) is 0 Å². The van der Waals surface area contributed by atoms with Crippen LogP contribution in [0.25, 0.3) is 0 Å². The maximum atomic E-state index is 8.45. The van der Waals surface area contributed by atoms with Crippen LogP contribution in [0.15, 0.2) is 54.6 Å². The van der Waals surface area contributed by atoms with E-state index in [2.05, 4.69) is 36.5 Å². The largest absolute Gasteiger partial charge is 0.479 e. The fourth-order valence-corrected chi connectivity index (χ4v) is 1.95. The second-order valence-corrected chi connectivity index (χ2v) is 4.66. The molecule has 1 N–H and O–H groups in total. The van der Waals surface area contributed by atoms with Crippen LogP contribution in [0.5, 0.6) is 5.75 Å². The minimum Gasteiger partial charge on any atom is -0.479 e. The third kappa shape index (κ3) is 4.03. The Morgan fingerprint density at radius 3 is 2.45 bits per heavy atom. The normalized spacial score (nSPS) is 11.4. The Kier molecular flexibility index (Phi) is 5.02. The second-order valence-electron chi connectivity index (χ2n) is 4.66. The van der Waals surface area contributed by atoms with E-state index in [9.17, 15) is 0 Å². The van der Waals surface area contributed by atoms with Crippen molar-refractivity contribution in [3.05, 3.63) is 60.2 Å². The van der Waals surface area contributed by atoms with E-state index in [4.69, 9.17) is 10.00 Å². The van der Waals surface area contributed by atoms with Gasteiger partial charge in [-0.25, -0.2) is 0 Å². The van der Waals surface area contributed by atoms with Crippen molar-refractivity contribution < 1.29 is 4.74 Å². The van der Waals surface area contributed by atoms with Gasteiger partial charge in [-0.1, -0.05) is 37.3 Å². The summed E-state index contributed by atoms with van der Waals surface area (Å²) in [4.78, 5) is 0. The molecule has 0 saturated carbocycles. The summed E-state index contributed by atoms with van der Waals surface area (Å²) in [6.45, 7) is 3.16. The second kappa shape index (κ2) is 7.20. The van der Waals surface area contributed by atoms with Crippen LogP contribution in [0, 0.1) is 11.3 Å². The van der Waals surface area contributed by atoms with Crippen LogP contribution < -0.4 is 10.1 Å². The number of ether oxygens (including phenoxy) is 1. The number of rotatable bonds is 6. The van der Waals surface area contributed by atoms with Gasteiger partial charge in [0.15, 0.2) is 6.61 Å². The smallest absolute Gasteiger partial charge is 0.174 e. The van der Waals surface area contributed by atoms with Gasteiger partial charge in [-0.15, -0.1) is 0 Å². The third-order valence-electron chi connectivity index (χ3n) is 3.14. The van der Waals surface area contributed by atoms with Crippen LogP contribution in [0.1, 0.15) is 18.4 Å². The van der Waals surface area contributed by atoms with Crippen molar-refractivity contribution in [1.82, 2.24) is 0 Å². The summed E-state index contributed by atoms with van der Waals surface area (Å²) < 4.78 is 5.22. The maximum absolute atomic E-state index is 8.45. The number of benzene rings is 2. The van der Waals surface area contributed by atoms with Crippen LogP contribution >= 0.6 is 0 Å². The first-order chi connectivity index (χ1) is 9.79. The zero-order chi connectivity index (χ0) is 14.2. The molecule has 0 aliphatic carbocycles. The Morgan fingerprint density at radius 1 is 1.10 bits per heavy atom. The Morgan fingerprint density at radius 2 is 1.80 bits per heavy atom. The molecule has 0 aromatic heterocycles. The summed E-state index contributed by atoms with van der Waals surface area (Å²) in [7, 11) is 0. The minimum atomic E-state index is 0.0812. The molecule has 0 bridgehead atoms. The Balaban J connectivity index is 1.86. The van der Waals surface area contributed by atoms with Gasteiger partial charge in [-0.05, 0) is 35.7 Å². The van der Waals surface area contributed by atoms with Gasteiger partial charge < -0.3 is 10.1 Å². The molecule has 0 aliphatic rings. The quantitative estimate of drug-likeness (QED) is 0.864. The number of nitrogens with zero attached hydrogens (tertiary/aromatic N) is 1. The van der Waals surface area contributed by atoms with Crippen molar-refractivity contribution in [1.29, 1.82) is 5.26 Å². The predicted octanol–water partition coefficient (Wildman–Crippen LogP) is 3.80. The number of hydrogen-bond donors (Lipinski definition) is 1. The highest BCUT2D eigenvalue weighted by Crippen LogP contribution is 2.18. The molecule has 0 heterocycles. The third-order valence-corrected chi connectivity index (χ3v) is 3.14. The predicted molar refractivity (Wildman–Crippen MR) is 80.9 cm³/mol. The van der Waals surface area contributed by atoms with Crippen LogP contribution in [0.3, 0.4) is 0 Å². The van der Waals surface area contributed by atoms with E-state index in [1.54, 1.807) is 0 Å². The van der Waals surface area contributed by atoms with Crippen LogP contribution in [-0.2, 0) is 0 Å². The molecule has 0 fully saturated rings. The van der Waals surface area contributed by atoms with E-state index in [1.165, 1.54) is 5.56 Å². The SMILES string of the molecule is CC(CNc1ccc(OCC#N)cc1)c1ccccc1. The van der Waals surface area contributed by atoms with E-state index in [0.29, 0.717) is 11.7 Å². The highest BCUT2D eigenvalue weighted by Gasteiger charge is 2.04. The molecule has 1 atom stereocenters.